The number of halogens is 1. The van der Waals surface area contributed by atoms with Crippen molar-refractivity contribution in [2.24, 2.45) is 0 Å². The van der Waals surface area contributed by atoms with E-state index >= 15 is 0 Å². The minimum atomic E-state index is -0.834. The minimum absolute atomic E-state index is 0.0302. The quantitative estimate of drug-likeness (QED) is 0.806. The Balaban J connectivity index is 2.22. The number of carboxylic acids is 1. The maximum absolute atomic E-state index is 11.6. The molecule has 0 saturated carbocycles. The molecular weight excluding hydrogens is 318 g/mol. The Morgan fingerprint density at radius 1 is 1.50 bits per heavy atom. The van der Waals surface area contributed by atoms with Gasteiger partial charge in [-0.3, -0.25) is 9.59 Å². The highest BCUT2D eigenvalue weighted by molar-refractivity contribution is 9.10. The first-order chi connectivity index (χ1) is 8.47. The van der Waals surface area contributed by atoms with E-state index in [9.17, 15) is 9.59 Å². The lowest BCUT2D eigenvalue weighted by Gasteiger charge is -2.12. The fraction of sp³-hybridized carbons (Fsp3) is 0.500. The van der Waals surface area contributed by atoms with Crippen molar-refractivity contribution in [3.8, 4) is 0 Å². The molecule has 0 fully saturated rings. The number of aryl methyl sites for hydroxylation is 1. The van der Waals surface area contributed by atoms with Gasteiger partial charge in [-0.25, -0.2) is 0 Å². The second-order valence-corrected chi connectivity index (χ2v) is 6.04. The van der Waals surface area contributed by atoms with Gasteiger partial charge in [-0.1, -0.05) is 0 Å². The van der Waals surface area contributed by atoms with E-state index < -0.39 is 5.97 Å². The van der Waals surface area contributed by atoms with Gasteiger partial charge in [-0.15, -0.1) is 11.3 Å². The normalized spacial score (nSPS) is 12.1. The largest absolute Gasteiger partial charge is 0.481 e. The second kappa shape index (κ2) is 7.53. The summed E-state index contributed by atoms with van der Waals surface area (Å²) in [5, 5.41) is 13.3. The van der Waals surface area contributed by atoms with Crippen LogP contribution in [0.25, 0.3) is 0 Å². The number of amides is 1. The van der Waals surface area contributed by atoms with E-state index in [1.54, 1.807) is 11.3 Å². The molecule has 6 heteroatoms. The molecule has 1 amide bonds. The minimum Gasteiger partial charge on any atom is -0.481 e. The average molecular weight is 334 g/mol. The number of thiophene rings is 1. The molecule has 0 aliphatic carbocycles. The van der Waals surface area contributed by atoms with Gasteiger partial charge < -0.3 is 10.4 Å². The first kappa shape index (κ1) is 15.2. The lowest BCUT2D eigenvalue weighted by atomic mass is 10.1. The Hall–Kier alpha value is -0.880. The highest BCUT2D eigenvalue weighted by Gasteiger charge is 2.09. The van der Waals surface area contributed by atoms with E-state index in [4.69, 9.17) is 5.11 Å². The van der Waals surface area contributed by atoms with Crippen LogP contribution in [0.2, 0.25) is 0 Å². The topological polar surface area (TPSA) is 66.4 Å². The highest BCUT2D eigenvalue weighted by atomic mass is 79.9. The summed E-state index contributed by atoms with van der Waals surface area (Å²) >= 11 is 4.99. The molecule has 0 spiro atoms. The molecule has 1 rings (SSSR count). The lowest BCUT2D eigenvalue weighted by molar-refractivity contribution is -0.137. The molecule has 0 aliphatic heterocycles. The zero-order valence-electron chi connectivity index (χ0n) is 10.1. The van der Waals surface area contributed by atoms with E-state index in [-0.39, 0.29) is 18.4 Å². The first-order valence-electron chi connectivity index (χ1n) is 5.71. The van der Waals surface area contributed by atoms with E-state index in [1.807, 2.05) is 18.4 Å². The van der Waals surface area contributed by atoms with Crippen molar-refractivity contribution in [2.45, 2.75) is 38.6 Å². The van der Waals surface area contributed by atoms with E-state index in [1.165, 1.54) is 0 Å². The molecule has 1 unspecified atom stereocenters. The summed E-state index contributed by atoms with van der Waals surface area (Å²) in [6.45, 7) is 1.82. The van der Waals surface area contributed by atoms with Crippen LogP contribution in [0.4, 0.5) is 0 Å². The summed E-state index contributed by atoms with van der Waals surface area (Å²) in [7, 11) is 0. The van der Waals surface area contributed by atoms with Crippen molar-refractivity contribution < 1.29 is 14.7 Å². The van der Waals surface area contributed by atoms with Crippen molar-refractivity contribution in [3.63, 3.8) is 0 Å². The fourth-order valence-electron chi connectivity index (χ4n) is 1.48. The number of rotatable bonds is 7. The highest BCUT2D eigenvalue weighted by Crippen LogP contribution is 2.20. The molecule has 0 saturated heterocycles. The van der Waals surface area contributed by atoms with Crippen molar-refractivity contribution in [3.05, 3.63) is 20.8 Å². The summed E-state index contributed by atoms with van der Waals surface area (Å²) in [5.74, 6) is -0.864. The summed E-state index contributed by atoms with van der Waals surface area (Å²) in [5.41, 5.74) is 0. The van der Waals surface area contributed by atoms with E-state index in [0.29, 0.717) is 19.3 Å². The van der Waals surface area contributed by atoms with Crippen LogP contribution in [-0.2, 0) is 16.0 Å². The van der Waals surface area contributed by atoms with Crippen LogP contribution in [0.3, 0.4) is 0 Å². The lowest BCUT2D eigenvalue weighted by Crippen LogP contribution is -2.33. The predicted molar refractivity (Wildman–Crippen MR) is 74.8 cm³/mol. The van der Waals surface area contributed by atoms with Crippen LogP contribution in [0.5, 0.6) is 0 Å². The molecular formula is C12H16BrNO3S. The number of carbonyl (C=O) groups excluding carboxylic acids is 1. The van der Waals surface area contributed by atoms with Crippen molar-refractivity contribution in [1.29, 1.82) is 0 Å². The molecule has 1 atom stereocenters. The maximum Gasteiger partial charge on any atom is 0.303 e. The molecule has 1 aromatic heterocycles. The zero-order chi connectivity index (χ0) is 13.5. The van der Waals surface area contributed by atoms with Gasteiger partial charge in [0.1, 0.15) is 0 Å². The molecule has 100 valence electrons. The fourth-order valence-corrected chi connectivity index (χ4v) is 2.94. The number of aliphatic carboxylic acids is 1. The average Bonchev–Trinajstić information content (AvgIpc) is 2.70. The third-order valence-corrected chi connectivity index (χ3v) is 4.18. The van der Waals surface area contributed by atoms with Gasteiger partial charge in [0.15, 0.2) is 0 Å². The molecule has 1 heterocycles. The Morgan fingerprint density at radius 3 is 2.78 bits per heavy atom. The van der Waals surface area contributed by atoms with Crippen LogP contribution in [0, 0.1) is 0 Å². The number of carboxylic acid groups (broad SMARTS) is 1. The summed E-state index contributed by atoms with van der Waals surface area (Å²) in [6.07, 6.45) is 1.70. The molecule has 4 nitrogen and oxygen atoms in total. The number of hydrogen-bond donors (Lipinski definition) is 2. The van der Waals surface area contributed by atoms with Gasteiger partial charge in [0.05, 0.1) is 0 Å². The van der Waals surface area contributed by atoms with Crippen LogP contribution in [-0.4, -0.2) is 23.0 Å². The third kappa shape index (κ3) is 6.16. The van der Waals surface area contributed by atoms with Crippen molar-refractivity contribution >= 4 is 39.1 Å². The summed E-state index contributed by atoms with van der Waals surface area (Å²) in [4.78, 5) is 23.2. The Morgan fingerprint density at radius 2 is 2.22 bits per heavy atom. The predicted octanol–water partition coefficient (Wildman–Crippen LogP) is 2.81. The van der Waals surface area contributed by atoms with Gasteiger partial charge in [0.2, 0.25) is 5.91 Å². The van der Waals surface area contributed by atoms with Gasteiger partial charge >= 0.3 is 5.97 Å². The van der Waals surface area contributed by atoms with Crippen molar-refractivity contribution in [1.82, 2.24) is 5.32 Å². The number of carbonyl (C=O) groups is 2. The van der Waals surface area contributed by atoms with Gasteiger partial charge in [0, 0.05) is 33.6 Å². The SMILES string of the molecule is CC(CCC(=O)O)NC(=O)CCc1cc(Br)cs1. The smallest absolute Gasteiger partial charge is 0.303 e. The van der Waals surface area contributed by atoms with Crippen LogP contribution in [0.1, 0.15) is 31.1 Å². The van der Waals surface area contributed by atoms with Gasteiger partial charge in [0.25, 0.3) is 0 Å². The van der Waals surface area contributed by atoms with E-state index in [0.717, 1.165) is 9.35 Å². The van der Waals surface area contributed by atoms with Crippen LogP contribution < -0.4 is 5.32 Å². The van der Waals surface area contributed by atoms with Gasteiger partial charge in [-0.05, 0) is 41.8 Å². The second-order valence-electron chi connectivity index (χ2n) is 4.13. The third-order valence-electron chi connectivity index (χ3n) is 2.42. The van der Waals surface area contributed by atoms with E-state index in [2.05, 4.69) is 21.2 Å². The Bertz CT molecular complexity index is 419. The zero-order valence-corrected chi connectivity index (χ0v) is 12.5. The monoisotopic (exact) mass is 333 g/mol. The molecule has 18 heavy (non-hydrogen) atoms. The summed E-state index contributed by atoms with van der Waals surface area (Å²) < 4.78 is 1.04. The maximum atomic E-state index is 11.6. The molecule has 0 aromatic carbocycles. The Kier molecular flexibility index (Phi) is 6.35. The molecule has 2 N–H and O–H groups in total. The van der Waals surface area contributed by atoms with Gasteiger partial charge in [-0.2, -0.15) is 0 Å². The number of hydrogen-bond acceptors (Lipinski definition) is 3. The molecule has 1 aromatic rings. The first-order valence-corrected chi connectivity index (χ1v) is 7.38. The van der Waals surface area contributed by atoms with Crippen LogP contribution in [0.15, 0.2) is 15.9 Å². The number of nitrogens with one attached hydrogen (secondary N) is 1. The molecule has 0 radical (unpaired) electrons. The van der Waals surface area contributed by atoms with Crippen LogP contribution >= 0.6 is 27.3 Å². The Labute approximate surface area is 119 Å². The molecule has 0 bridgehead atoms. The standard InChI is InChI=1S/C12H16BrNO3S/c1-8(2-5-12(16)17)14-11(15)4-3-10-6-9(13)7-18-10/h6-8H,2-5H2,1H3,(H,14,15)(H,16,17). The molecule has 0 aliphatic rings. The summed E-state index contributed by atoms with van der Waals surface area (Å²) in [6, 6.07) is 1.91. The van der Waals surface area contributed by atoms with Crippen molar-refractivity contribution in [2.75, 3.05) is 0 Å².